The van der Waals surface area contributed by atoms with Gasteiger partial charge in [-0.1, -0.05) is 0 Å². The van der Waals surface area contributed by atoms with Gasteiger partial charge in [0.25, 0.3) is 0 Å². The van der Waals surface area contributed by atoms with Crippen molar-refractivity contribution in [3.63, 3.8) is 0 Å². The molecule has 0 bridgehead atoms. The molecule has 136 valence electrons. The Balaban J connectivity index is 2.48. The SMILES string of the molecule is CC1=C(C)C(C)[C]([Ti]([O]c2cc(C)cc([Si](C)(C)C)c2)=[C](C)C)=C1C. The molecule has 2 rings (SSSR count). The van der Waals surface area contributed by atoms with Crippen LogP contribution in [0.15, 0.2) is 38.8 Å². The van der Waals surface area contributed by atoms with Gasteiger partial charge in [-0.2, -0.15) is 0 Å². The minimum atomic E-state index is -1.94. The summed E-state index contributed by atoms with van der Waals surface area (Å²) in [6.45, 7) is 23.1. The second-order valence-electron chi connectivity index (χ2n) is 8.78. The Labute approximate surface area is 162 Å². The third kappa shape index (κ3) is 4.35. The molecule has 1 aromatic carbocycles. The molecule has 1 nitrogen and oxygen atoms in total. The molecular formula is C22H34OSiTi. The molecule has 0 saturated carbocycles. The van der Waals surface area contributed by atoms with Crippen LogP contribution < -0.4 is 8.51 Å². The average molecular weight is 390 g/mol. The van der Waals surface area contributed by atoms with Gasteiger partial charge >= 0.3 is 162 Å². The van der Waals surface area contributed by atoms with Crippen LogP contribution in [-0.2, 0) is 17.8 Å². The molecule has 25 heavy (non-hydrogen) atoms. The fourth-order valence-corrected chi connectivity index (χ4v) is 8.41. The summed E-state index contributed by atoms with van der Waals surface area (Å²) in [5.41, 5.74) is 5.80. The predicted octanol–water partition coefficient (Wildman–Crippen LogP) is 5.92. The van der Waals surface area contributed by atoms with Gasteiger partial charge in [-0.3, -0.25) is 0 Å². The van der Waals surface area contributed by atoms with Crippen LogP contribution in [0.2, 0.25) is 19.6 Å². The van der Waals surface area contributed by atoms with Crippen molar-refractivity contribution in [2.45, 2.75) is 68.1 Å². The second-order valence-corrected chi connectivity index (χ2v) is 17.6. The van der Waals surface area contributed by atoms with Gasteiger partial charge in [0, 0.05) is 0 Å². The number of benzene rings is 1. The van der Waals surface area contributed by atoms with Crippen LogP contribution in [-0.4, -0.2) is 11.9 Å². The molecule has 0 fully saturated rings. The van der Waals surface area contributed by atoms with Crippen LogP contribution in [0.4, 0.5) is 0 Å². The van der Waals surface area contributed by atoms with E-state index in [1.54, 1.807) is 3.88 Å². The standard InChI is InChI=1S/C10H16OSi.C9H13.C3H6.Ti/c1-8-5-9(11)7-10(6-8)12(2,3)4;1-6-5-7(2)9(4)8(6)3;1-3-2;/h5-7,11H,1-4H3;6H,1-4H3;1-2H3;/q;;;+1/p-1. The monoisotopic (exact) mass is 390 g/mol. The Morgan fingerprint density at radius 3 is 2.00 bits per heavy atom. The molecule has 1 unspecified atom stereocenters. The number of hydrogen-bond donors (Lipinski definition) is 0. The van der Waals surface area contributed by atoms with E-state index in [9.17, 15) is 0 Å². The Kier molecular flexibility index (Phi) is 6.19. The van der Waals surface area contributed by atoms with E-state index in [-0.39, 0.29) is 0 Å². The summed E-state index contributed by atoms with van der Waals surface area (Å²) in [6.07, 6.45) is 0. The van der Waals surface area contributed by atoms with Gasteiger partial charge in [-0.05, 0) is 0 Å². The first-order valence-electron chi connectivity index (χ1n) is 9.29. The predicted molar refractivity (Wildman–Crippen MR) is 111 cm³/mol. The number of allylic oxidation sites excluding steroid dienone is 4. The zero-order valence-corrected chi connectivity index (χ0v) is 20.3. The summed E-state index contributed by atoms with van der Waals surface area (Å²) in [5, 5.41) is 1.49. The van der Waals surface area contributed by atoms with E-state index in [1.807, 2.05) is 0 Å². The molecule has 0 heterocycles. The van der Waals surface area contributed by atoms with Gasteiger partial charge in [0.15, 0.2) is 0 Å². The molecule has 0 N–H and O–H groups in total. The van der Waals surface area contributed by atoms with Crippen LogP contribution in [0.3, 0.4) is 0 Å². The molecule has 1 aliphatic carbocycles. The summed E-state index contributed by atoms with van der Waals surface area (Å²) in [5.74, 6) is 1.62. The minimum absolute atomic E-state index is 0.533. The Hall–Kier alpha value is -0.699. The fraction of sp³-hybridized carbons (Fsp3) is 0.500. The number of aryl methyl sites for hydroxylation is 1. The molecule has 0 spiro atoms. The van der Waals surface area contributed by atoms with E-state index < -0.39 is 25.9 Å². The average Bonchev–Trinajstić information content (AvgIpc) is 2.67. The first kappa shape index (κ1) is 20.6. The van der Waals surface area contributed by atoms with Crippen molar-refractivity contribution < 1.29 is 21.1 Å². The van der Waals surface area contributed by atoms with Crippen molar-refractivity contribution in [3.05, 3.63) is 44.4 Å². The zero-order valence-electron chi connectivity index (χ0n) is 17.7. The van der Waals surface area contributed by atoms with E-state index in [0.717, 1.165) is 5.75 Å². The van der Waals surface area contributed by atoms with Crippen LogP contribution in [0.1, 0.15) is 47.1 Å². The Bertz CT molecular complexity index is 787. The van der Waals surface area contributed by atoms with Crippen molar-refractivity contribution >= 4 is 17.1 Å². The molecule has 3 heteroatoms. The van der Waals surface area contributed by atoms with Crippen molar-refractivity contribution in [1.29, 1.82) is 0 Å². The summed E-state index contributed by atoms with van der Waals surface area (Å²) < 4.78 is 9.87. The van der Waals surface area contributed by atoms with Crippen molar-refractivity contribution in [3.8, 4) is 5.75 Å². The summed E-state index contributed by atoms with van der Waals surface area (Å²) >= 11 is -1.94. The summed E-state index contributed by atoms with van der Waals surface area (Å²) in [7, 11) is -1.34. The normalized spacial score (nSPS) is 18.1. The maximum absolute atomic E-state index is 6.78. The van der Waals surface area contributed by atoms with Crippen LogP contribution in [0, 0.1) is 12.8 Å². The van der Waals surface area contributed by atoms with E-state index >= 15 is 0 Å². The quantitative estimate of drug-likeness (QED) is 0.580. The maximum atomic E-state index is 6.78. The van der Waals surface area contributed by atoms with Gasteiger partial charge in [0.1, 0.15) is 0 Å². The van der Waals surface area contributed by atoms with Gasteiger partial charge < -0.3 is 0 Å². The van der Waals surface area contributed by atoms with E-state index in [2.05, 4.69) is 86.3 Å². The van der Waals surface area contributed by atoms with Gasteiger partial charge in [-0.15, -0.1) is 0 Å². The van der Waals surface area contributed by atoms with E-state index in [1.165, 1.54) is 31.3 Å². The molecule has 0 aromatic heterocycles. The summed E-state index contributed by atoms with van der Waals surface area (Å²) in [4.78, 5) is 0. The van der Waals surface area contributed by atoms with E-state index in [4.69, 9.17) is 3.32 Å². The third-order valence-electron chi connectivity index (χ3n) is 5.48. The van der Waals surface area contributed by atoms with Crippen molar-refractivity contribution in [2.75, 3.05) is 0 Å². The summed E-state index contributed by atoms with van der Waals surface area (Å²) in [6, 6.07) is 6.89. The second kappa shape index (κ2) is 7.50. The molecule has 0 amide bonds. The van der Waals surface area contributed by atoms with Crippen LogP contribution in [0.5, 0.6) is 5.75 Å². The van der Waals surface area contributed by atoms with Crippen LogP contribution in [0.25, 0.3) is 0 Å². The van der Waals surface area contributed by atoms with Crippen molar-refractivity contribution in [2.24, 2.45) is 5.92 Å². The molecule has 0 radical (unpaired) electrons. The molecule has 0 saturated heterocycles. The van der Waals surface area contributed by atoms with Gasteiger partial charge in [-0.25, -0.2) is 0 Å². The fourth-order valence-electron chi connectivity index (χ4n) is 3.51. The number of rotatable bonds is 4. The molecule has 1 aromatic rings. The zero-order chi connectivity index (χ0) is 19.1. The molecule has 1 atom stereocenters. The number of hydrogen-bond acceptors (Lipinski definition) is 1. The molecule has 1 aliphatic rings. The van der Waals surface area contributed by atoms with E-state index in [0.29, 0.717) is 5.92 Å². The van der Waals surface area contributed by atoms with Gasteiger partial charge in [0.05, 0.1) is 0 Å². The molecule has 0 aliphatic heterocycles. The topological polar surface area (TPSA) is 9.23 Å². The van der Waals surface area contributed by atoms with Crippen molar-refractivity contribution in [1.82, 2.24) is 0 Å². The third-order valence-corrected chi connectivity index (χ3v) is 11.6. The first-order chi connectivity index (χ1) is 11.4. The van der Waals surface area contributed by atoms with Crippen LogP contribution >= 0.6 is 0 Å². The Morgan fingerprint density at radius 2 is 1.56 bits per heavy atom. The first-order valence-corrected chi connectivity index (χ1v) is 15.0. The van der Waals surface area contributed by atoms with Gasteiger partial charge in [0.2, 0.25) is 0 Å². The molecular weight excluding hydrogens is 356 g/mol. The Morgan fingerprint density at radius 1 is 0.960 bits per heavy atom.